The molecule has 1 fully saturated rings. The van der Waals surface area contributed by atoms with Gasteiger partial charge in [-0.3, -0.25) is 11.3 Å². The Kier molecular flexibility index (Phi) is 4.79. The summed E-state index contributed by atoms with van der Waals surface area (Å²) >= 11 is 0. The molecule has 0 bridgehead atoms. The quantitative estimate of drug-likeness (QED) is 0.627. The Labute approximate surface area is 111 Å². The number of rotatable bonds is 4. The van der Waals surface area contributed by atoms with E-state index in [0.717, 1.165) is 5.92 Å². The van der Waals surface area contributed by atoms with Crippen molar-refractivity contribution in [2.75, 3.05) is 0 Å². The summed E-state index contributed by atoms with van der Waals surface area (Å²) < 4.78 is 0. The minimum atomic E-state index is 0.312. The second-order valence-corrected chi connectivity index (χ2v) is 5.80. The molecule has 0 aromatic heterocycles. The van der Waals surface area contributed by atoms with Crippen LogP contribution < -0.4 is 11.3 Å². The van der Waals surface area contributed by atoms with E-state index in [2.05, 4.69) is 37.5 Å². The normalized spacial score (nSPS) is 18.8. The van der Waals surface area contributed by atoms with Gasteiger partial charge >= 0.3 is 0 Å². The maximum Gasteiger partial charge on any atom is 0.0462 e. The fraction of sp³-hybridized carbons (Fsp3) is 0.625. The Morgan fingerprint density at radius 3 is 2.50 bits per heavy atom. The number of aryl methyl sites for hydroxylation is 2. The summed E-state index contributed by atoms with van der Waals surface area (Å²) in [5.41, 5.74) is 7.06. The third-order valence-electron chi connectivity index (χ3n) is 4.43. The molecule has 0 aliphatic heterocycles. The van der Waals surface area contributed by atoms with Crippen LogP contribution in [0.1, 0.15) is 61.3 Å². The van der Waals surface area contributed by atoms with Crippen molar-refractivity contribution in [2.45, 2.75) is 58.4 Å². The van der Waals surface area contributed by atoms with Gasteiger partial charge in [-0.05, 0) is 42.9 Å². The van der Waals surface area contributed by atoms with Gasteiger partial charge in [0, 0.05) is 6.04 Å². The van der Waals surface area contributed by atoms with Crippen LogP contribution in [-0.2, 0) is 0 Å². The first kappa shape index (κ1) is 13.6. The third-order valence-corrected chi connectivity index (χ3v) is 4.43. The van der Waals surface area contributed by atoms with Gasteiger partial charge in [-0.15, -0.1) is 0 Å². The Balaban J connectivity index is 2.04. The van der Waals surface area contributed by atoms with E-state index in [4.69, 9.17) is 5.84 Å². The summed E-state index contributed by atoms with van der Waals surface area (Å²) in [6.07, 6.45) is 8.15. The summed E-state index contributed by atoms with van der Waals surface area (Å²) in [6, 6.07) is 7.02. The summed E-state index contributed by atoms with van der Waals surface area (Å²) in [5, 5.41) is 0. The van der Waals surface area contributed by atoms with E-state index in [0.29, 0.717) is 6.04 Å². The SMILES string of the molecule is Cc1ccc(C(CC2CCCCC2)NN)cc1C. The van der Waals surface area contributed by atoms with Gasteiger partial charge in [0.1, 0.15) is 0 Å². The third kappa shape index (κ3) is 3.33. The molecule has 1 unspecified atom stereocenters. The second kappa shape index (κ2) is 6.35. The average Bonchev–Trinajstić information content (AvgIpc) is 2.40. The first-order chi connectivity index (χ1) is 8.70. The lowest BCUT2D eigenvalue weighted by Crippen LogP contribution is -2.30. The summed E-state index contributed by atoms with van der Waals surface area (Å²) in [6.45, 7) is 4.33. The van der Waals surface area contributed by atoms with Gasteiger partial charge in [-0.2, -0.15) is 0 Å². The molecule has 1 atom stereocenters. The number of benzene rings is 1. The molecule has 2 nitrogen and oxygen atoms in total. The second-order valence-electron chi connectivity index (χ2n) is 5.80. The molecule has 18 heavy (non-hydrogen) atoms. The minimum Gasteiger partial charge on any atom is -0.271 e. The van der Waals surface area contributed by atoms with Crippen LogP contribution in [0.3, 0.4) is 0 Å². The summed E-state index contributed by atoms with van der Waals surface area (Å²) in [5.74, 6) is 6.61. The first-order valence-electron chi connectivity index (χ1n) is 7.24. The van der Waals surface area contributed by atoms with Gasteiger partial charge in [0.25, 0.3) is 0 Å². The van der Waals surface area contributed by atoms with E-state index < -0.39 is 0 Å². The molecule has 0 heterocycles. The van der Waals surface area contributed by atoms with E-state index in [9.17, 15) is 0 Å². The Morgan fingerprint density at radius 1 is 1.17 bits per heavy atom. The van der Waals surface area contributed by atoms with E-state index in [1.165, 1.54) is 55.2 Å². The van der Waals surface area contributed by atoms with Gasteiger partial charge in [0.15, 0.2) is 0 Å². The van der Waals surface area contributed by atoms with Crippen LogP contribution in [0.5, 0.6) is 0 Å². The van der Waals surface area contributed by atoms with E-state index in [1.807, 2.05) is 0 Å². The number of nitrogens with two attached hydrogens (primary N) is 1. The minimum absolute atomic E-state index is 0.312. The van der Waals surface area contributed by atoms with Gasteiger partial charge in [-0.25, -0.2) is 0 Å². The highest BCUT2D eigenvalue weighted by molar-refractivity contribution is 5.31. The van der Waals surface area contributed by atoms with Gasteiger partial charge in [-0.1, -0.05) is 50.3 Å². The molecular weight excluding hydrogens is 220 g/mol. The van der Waals surface area contributed by atoms with Crippen molar-refractivity contribution in [2.24, 2.45) is 11.8 Å². The molecule has 0 saturated heterocycles. The van der Waals surface area contributed by atoms with E-state index in [1.54, 1.807) is 0 Å². The Hall–Kier alpha value is -0.860. The van der Waals surface area contributed by atoms with Crippen LogP contribution >= 0.6 is 0 Å². The number of hydrogen-bond donors (Lipinski definition) is 2. The Bertz CT molecular complexity index is 381. The number of hydrogen-bond acceptors (Lipinski definition) is 2. The molecule has 0 radical (unpaired) electrons. The first-order valence-corrected chi connectivity index (χ1v) is 7.24. The molecule has 0 spiro atoms. The predicted molar refractivity (Wildman–Crippen MR) is 77.2 cm³/mol. The molecule has 2 heteroatoms. The topological polar surface area (TPSA) is 38.0 Å². The maximum absolute atomic E-state index is 5.76. The lowest BCUT2D eigenvalue weighted by molar-refractivity contribution is 0.301. The van der Waals surface area contributed by atoms with Crippen LogP contribution in [0, 0.1) is 19.8 Å². The van der Waals surface area contributed by atoms with Crippen molar-refractivity contribution in [1.29, 1.82) is 0 Å². The molecule has 1 aromatic rings. The zero-order chi connectivity index (χ0) is 13.0. The molecule has 1 saturated carbocycles. The summed E-state index contributed by atoms with van der Waals surface area (Å²) in [7, 11) is 0. The molecule has 1 aliphatic carbocycles. The van der Waals surface area contributed by atoms with Crippen molar-refractivity contribution in [1.82, 2.24) is 5.43 Å². The van der Waals surface area contributed by atoms with Gasteiger partial charge < -0.3 is 0 Å². The highest BCUT2D eigenvalue weighted by Crippen LogP contribution is 2.31. The number of nitrogens with one attached hydrogen (secondary N) is 1. The van der Waals surface area contributed by atoms with Crippen LogP contribution in [0.2, 0.25) is 0 Å². The smallest absolute Gasteiger partial charge is 0.0462 e. The zero-order valence-electron chi connectivity index (χ0n) is 11.7. The lowest BCUT2D eigenvalue weighted by atomic mass is 9.83. The molecule has 3 N–H and O–H groups in total. The molecule has 1 aliphatic rings. The number of hydrazine groups is 1. The predicted octanol–water partition coefficient (Wildman–Crippen LogP) is 3.78. The fourth-order valence-electron chi connectivity index (χ4n) is 3.04. The van der Waals surface area contributed by atoms with Crippen LogP contribution in [0.25, 0.3) is 0 Å². The van der Waals surface area contributed by atoms with Crippen molar-refractivity contribution in [3.63, 3.8) is 0 Å². The van der Waals surface area contributed by atoms with Crippen molar-refractivity contribution < 1.29 is 0 Å². The van der Waals surface area contributed by atoms with Crippen LogP contribution in [0.4, 0.5) is 0 Å². The van der Waals surface area contributed by atoms with Gasteiger partial charge in [0.05, 0.1) is 0 Å². The zero-order valence-corrected chi connectivity index (χ0v) is 11.7. The molecule has 1 aromatic carbocycles. The van der Waals surface area contributed by atoms with Crippen LogP contribution in [-0.4, -0.2) is 0 Å². The molecule has 0 amide bonds. The van der Waals surface area contributed by atoms with Crippen molar-refractivity contribution >= 4 is 0 Å². The van der Waals surface area contributed by atoms with E-state index in [-0.39, 0.29) is 0 Å². The van der Waals surface area contributed by atoms with Crippen LogP contribution in [0.15, 0.2) is 18.2 Å². The van der Waals surface area contributed by atoms with E-state index >= 15 is 0 Å². The van der Waals surface area contributed by atoms with Gasteiger partial charge in [0.2, 0.25) is 0 Å². The maximum atomic E-state index is 5.76. The van der Waals surface area contributed by atoms with Crippen molar-refractivity contribution in [3.05, 3.63) is 34.9 Å². The highest BCUT2D eigenvalue weighted by Gasteiger charge is 2.19. The largest absolute Gasteiger partial charge is 0.271 e. The molecular formula is C16H26N2. The lowest BCUT2D eigenvalue weighted by Gasteiger charge is -2.26. The monoisotopic (exact) mass is 246 g/mol. The summed E-state index contributed by atoms with van der Waals surface area (Å²) in [4.78, 5) is 0. The average molecular weight is 246 g/mol. The standard InChI is InChI=1S/C16H26N2/c1-12-8-9-15(10-13(12)2)16(18-17)11-14-6-4-3-5-7-14/h8-10,14,16,18H,3-7,11,17H2,1-2H3. The Morgan fingerprint density at radius 2 is 1.89 bits per heavy atom. The molecule has 100 valence electrons. The fourth-order valence-corrected chi connectivity index (χ4v) is 3.04. The molecule has 2 rings (SSSR count). The highest BCUT2D eigenvalue weighted by atomic mass is 15.2. The van der Waals surface area contributed by atoms with Crippen molar-refractivity contribution in [3.8, 4) is 0 Å².